The van der Waals surface area contributed by atoms with Crippen LogP contribution < -0.4 is 0 Å². The molecule has 0 radical (unpaired) electrons. The summed E-state index contributed by atoms with van der Waals surface area (Å²) in [5.41, 5.74) is 0.586. The van der Waals surface area contributed by atoms with Crippen molar-refractivity contribution in [1.29, 1.82) is 0 Å². The fourth-order valence-corrected chi connectivity index (χ4v) is 2.35. The van der Waals surface area contributed by atoms with Crippen LogP contribution in [0.1, 0.15) is 24.8 Å². The Kier molecular flexibility index (Phi) is 5.19. The molecule has 0 aliphatic rings. The van der Waals surface area contributed by atoms with Crippen LogP contribution in [0.25, 0.3) is 0 Å². The van der Waals surface area contributed by atoms with Crippen LogP contribution in [0.3, 0.4) is 0 Å². The van der Waals surface area contributed by atoms with Gasteiger partial charge in [0.2, 0.25) is 0 Å². The quantitative estimate of drug-likeness (QED) is 0.539. The summed E-state index contributed by atoms with van der Waals surface area (Å²) in [6.45, 7) is 0. The van der Waals surface area contributed by atoms with E-state index < -0.39 is 20.4 Å². The molecule has 0 aromatic heterocycles. The van der Waals surface area contributed by atoms with Crippen LogP contribution in [0.2, 0.25) is 6.04 Å². The molecule has 1 aromatic carbocycles. The second kappa shape index (κ2) is 6.20. The van der Waals surface area contributed by atoms with Gasteiger partial charge in [0, 0.05) is 12.1 Å². The Labute approximate surface area is 99.7 Å². The lowest BCUT2D eigenvalue weighted by Crippen LogP contribution is -2.33. The average molecular weight is 262 g/mol. The summed E-state index contributed by atoms with van der Waals surface area (Å²) in [6, 6.07) is 3.40. The van der Waals surface area contributed by atoms with Crippen LogP contribution in [0.15, 0.2) is 18.2 Å². The van der Waals surface area contributed by atoms with Gasteiger partial charge in [-0.2, -0.15) is 0 Å². The smallest absolute Gasteiger partial charge is 0.390 e. The lowest BCUT2D eigenvalue weighted by Gasteiger charge is -2.08. The van der Waals surface area contributed by atoms with Gasteiger partial charge in [-0.05, 0) is 37.0 Å². The van der Waals surface area contributed by atoms with Gasteiger partial charge in [-0.15, -0.1) is 0 Å². The molecule has 0 aliphatic carbocycles. The molecule has 0 saturated carbocycles. The van der Waals surface area contributed by atoms with Crippen molar-refractivity contribution in [1.82, 2.24) is 0 Å². The van der Waals surface area contributed by atoms with Crippen molar-refractivity contribution in [2.24, 2.45) is 0 Å². The molecular weight excluding hydrogens is 246 g/mol. The average Bonchev–Trinajstić information content (AvgIpc) is 2.13. The van der Waals surface area contributed by atoms with E-state index in [1.165, 1.54) is 12.1 Å². The summed E-state index contributed by atoms with van der Waals surface area (Å²) < 4.78 is 25.7. The van der Waals surface area contributed by atoms with Crippen LogP contribution in [0, 0.1) is 11.6 Å². The first-order valence-corrected chi connectivity index (χ1v) is 7.54. The molecule has 1 aromatic rings. The van der Waals surface area contributed by atoms with Crippen molar-refractivity contribution in [2.75, 3.05) is 0 Å². The number of aryl methyl sites for hydroxylation is 1. The fraction of sp³-hybridized carbons (Fsp3) is 0.455. The summed E-state index contributed by atoms with van der Waals surface area (Å²) in [5, 5.41) is 0. The minimum atomic E-state index is -3.92. The number of hydrogen-bond acceptors (Lipinski definition) is 3. The van der Waals surface area contributed by atoms with Crippen molar-refractivity contribution in [2.45, 2.75) is 31.7 Å². The molecule has 0 aliphatic heterocycles. The van der Waals surface area contributed by atoms with Crippen LogP contribution in [0.5, 0.6) is 0 Å². The molecular formula is C11H16F2O3Si. The number of halogens is 2. The first-order chi connectivity index (χ1) is 7.87. The van der Waals surface area contributed by atoms with E-state index in [2.05, 4.69) is 0 Å². The maximum absolute atomic E-state index is 12.8. The standard InChI is InChI=1S/C11H16F2O3Si/c12-10-6-9(7-11(13)8-10)4-2-1-3-5-17(14,15)16/h6-8,14-16H,1-5H2. The second-order valence-corrected chi connectivity index (χ2v) is 6.16. The largest absolute Gasteiger partial charge is 0.492 e. The molecule has 0 spiro atoms. The minimum Gasteiger partial charge on any atom is -0.390 e. The number of hydrogen-bond donors (Lipinski definition) is 3. The third kappa shape index (κ3) is 6.47. The Balaban J connectivity index is 2.27. The second-order valence-electron chi connectivity index (χ2n) is 4.11. The predicted molar refractivity (Wildman–Crippen MR) is 61.1 cm³/mol. The molecule has 0 atom stereocenters. The zero-order chi connectivity index (χ0) is 12.9. The van der Waals surface area contributed by atoms with E-state index in [-0.39, 0.29) is 6.04 Å². The van der Waals surface area contributed by atoms with Gasteiger partial charge >= 0.3 is 8.80 Å². The van der Waals surface area contributed by atoms with E-state index in [1.54, 1.807) is 0 Å². The summed E-state index contributed by atoms with van der Waals surface area (Å²) in [7, 11) is -3.92. The minimum absolute atomic E-state index is 0.00448. The highest BCUT2D eigenvalue weighted by Crippen LogP contribution is 2.13. The molecule has 0 amide bonds. The molecule has 0 fully saturated rings. The predicted octanol–water partition coefficient (Wildman–Crippen LogP) is 1.59. The Bertz CT molecular complexity index is 346. The van der Waals surface area contributed by atoms with Crippen molar-refractivity contribution in [3.63, 3.8) is 0 Å². The zero-order valence-corrected chi connectivity index (χ0v) is 10.4. The van der Waals surface area contributed by atoms with Crippen LogP contribution >= 0.6 is 0 Å². The molecule has 17 heavy (non-hydrogen) atoms. The van der Waals surface area contributed by atoms with Crippen molar-refractivity contribution < 1.29 is 23.2 Å². The first-order valence-electron chi connectivity index (χ1n) is 5.49. The first kappa shape index (κ1) is 14.2. The van der Waals surface area contributed by atoms with E-state index in [0.29, 0.717) is 31.2 Å². The van der Waals surface area contributed by atoms with E-state index in [0.717, 1.165) is 6.07 Å². The Morgan fingerprint density at radius 3 is 2.00 bits per heavy atom. The highest BCUT2D eigenvalue weighted by atomic mass is 28.4. The van der Waals surface area contributed by atoms with Crippen molar-refractivity contribution in [3.8, 4) is 0 Å². The summed E-state index contributed by atoms with van der Waals surface area (Å²) in [6.07, 6.45) is 2.39. The Morgan fingerprint density at radius 1 is 0.882 bits per heavy atom. The van der Waals surface area contributed by atoms with E-state index in [4.69, 9.17) is 14.4 Å². The maximum Gasteiger partial charge on any atom is 0.492 e. The molecule has 1 rings (SSSR count). The normalized spacial score (nSPS) is 11.8. The molecule has 3 N–H and O–H groups in total. The Hall–Kier alpha value is -0.823. The molecule has 0 heterocycles. The molecule has 0 saturated heterocycles. The molecule has 3 nitrogen and oxygen atoms in total. The number of benzene rings is 1. The van der Waals surface area contributed by atoms with Crippen molar-refractivity contribution >= 4 is 8.80 Å². The molecule has 0 unspecified atom stereocenters. The molecule has 0 bridgehead atoms. The van der Waals surface area contributed by atoms with Crippen LogP contribution in [0.4, 0.5) is 8.78 Å². The highest BCUT2D eigenvalue weighted by Gasteiger charge is 2.25. The number of unbranched alkanes of at least 4 members (excludes halogenated alkanes) is 2. The van der Waals surface area contributed by atoms with E-state index in [1.807, 2.05) is 0 Å². The van der Waals surface area contributed by atoms with Crippen LogP contribution in [-0.4, -0.2) is 23.2 Å². The molecule has 96 valence electrons. The number of rotatable bonds is 6. The lowest BCUT2D eigenvalue weighted by molar-refractivity contribution is 0.226. The summed E-state index contributed by atoms with van der Waals surface area (Å²) >= 11 is 0. The van der Waals surface area contributed by atoms with Gasteiger partial charge in [0.1, 0.15) is 11.6 Å². The van der Waals surface area contributed by atoms with Gasteiger partial charge in [0.15, 0.2) is 0 Å². The monoisotopic (exact) mass is 262 g/mol. The van der Waals surface area contributed by atoms with Gasteiger partial charge < -0.3 is 14.4 Å². The maximum atomic E-state index is 12.8. The van der Waals surface area contributed by atoms with Gasteiger partial charge in [0.05, 0.1) is 0 Å². The summed E-state index contributed by atoms with van der Waals surface area (Å²) in [5.74, 6) is -1.18. The van der Waals surface area contributed by atoms with E-state index in [9.17, 15) is 8.78 Å². The highest BCUT2D eigenvalue weighted by molar-refractivity contribution is 6.56. The van der Waals surface area contributed by atoms with Gasteiger partial charge in [-0.1, -0.05) is 6.42 Å². The van der Waals surface area contributed by atoms with E-state index >= 15 is 0 Å². The van der Waals surface area contributed by atoms with Crippen LogP contribution in [-0.2, 0) is 6.42 Å². The summed E-state index contributed by atoms with van der Waals surface area (Å²) in [4.78, 5) is 26.3. The van der Waals surface area contributed by atoms with Gasteiger partial charge in [0.25, 0.3) is 0 Å². The van der Waals surface area contributed by atoms with Gasteiger partial charge in [-0.25, -0.2) is 8.78 Å². The zero-order valence-electron chi connectivity index (χ0n) is 9.37. The third-order valence-corrected chi connectivity index (χ3v) is 3.42. The lowest BCUT2D eigenvalue weighted by atomic mass is 10.1. The fourth-order valence-electron chi connectivity index (χ4n) is 1.62. The Morgan fingerprint density at radius 2 is 1.47 bits per heavy atom. The third-order valence-electron chi connectivity index (χ3n) is 2.40. The topological polar surface area (TPSA) is 60.7 Å². The van der Waals surface area contributed by atoms with Crippen molar-refractivity contribution in [3.05, 3.63) is 35.4 Å². The van der Waals surface area contributed by atoms with Gasteiger partial charge in [-0.3, -0.25) is 0 Å². The molecule has 6 heteroatoms. The SMILES string of the molecule is O[Si](O)(O)CCCCCc1cc(F)cc(F)c1.